The molecule has 1 fully saturated rings. The first kappa shape index (κ1) is 23.6. The molecule has 8 nitrogen and oxygen atoms in total. The van der Waals surface area contributed by atoms with E-state index in [1.807, 2.05) is 37.3 Å². The van der Waals surface area contributed by atoms with Crippen molar-refractivity contribution >= 4 is 17.8 Å². The maximum atomic E-state index is 5.45. The van der Waals surface area contributed by atoms with Crippen LogP contribution in [0, 0.1) is 6.92 Å². The fourth-order valence-electron chi connectivity index (χ4n) is 4.11. The molecule has 2 aromatic carbocycles. The van der Waals surface area contributed by atoms with Crippen molar-refractivity contribution in [1.29, 1.82) is 0 Å². The van der Waals surface area contributed by atoms with E-state index in [0.29, 0.717) is 37.0 Å². The summed E-state index contributed by atoms with van der Waals surface area (Å²) in [5, 5.41) is 10.2. The summed E-state index contributed by atoms with van der Waals surface area (Å²) in [7, 11) is 3.36. The van der Waals surface area contributed by atoms with Crippen LogP contribution in [0.1, 0.15) is 48.8 Å². The van der Waals surface area contributed by atoms with Crippen LogP contribution < -0.4 is 25.4 Å². The Balaban J connectivity index is 1.48. The van der Waals surface area contributed by atoms with Crippen molar-refractivity contribution in [2.24, 2.45) is 0 Å². The minimum absolute atomic E-state index is 0.403. The first-order valence-electron chi connectivity index (χ1n) is 11.9. The molecule has 0 bridgehead atoms. The summed E-state index contributed by atoms with van der Waals surface area (Å²) in [5.41, 5.74) is 3.32. The van der Waals surface area contributed by atoms with Gasteiger partial charge >= 0.3 is 0 Å². The lowest BCUT2D eigenvalue weighted by Crippen LogP contribution is -2.24. The molecule has 1 aliphatic carbocycles. The second-order valence-corrected chi connectivity index (χ2v) is 8.64. The van der Waals surface area contributed by atoms with Crippen LogP contribution >= 0.6 is 0 Å². The number of benzene rings is 2. The molecular weight excluding hydrogens is 428 g/mol. The van der Waals surface area contributed by atoms with Crippen molar-refractivity contribution in [2.75, 3.05) is 30.2 Å². The third kappa shape index (κ3) is 6.50. The molecule has 3 N–H and O–H groups in total. The van der Waals surface area contributed by atoms with Gasteiger partial charge in [0.05, 0.1) is 14.2 Å². The van der Waals surface area contributed by atoms with Gasteiger partial charge in [-0.15, -0.1) is 0 Å². The van der Waals surface area contributed by atoms with Crippen molar-refractivity contribution in [1.82, 2.24) is 15.0 Å². The number of anilines is 3. The van der Waals surface area contributed by atoms with Crippen molar-refractivity contribution in [3.05, 3.63) is 59.2 Å². The Morgan fingerprint density at radius 3 is 2.03 bits per heavy atom. The fourth-order valence-corrected chi connectivity index (χ4v) is 4.11. The number of hydrogen-bond donors (Lipinski definition) is 3. The zero-order valence-corrected chi connectivity index (χ0v) is 20.2. The van der Waals surface area contributed by atoms with Crippen molar-refractivity contribution in [3.8, 4) is 11.5 Å². The molecule has 3 aromatic rings. The van der Waals surface area contributed by atoms with Gasteiger partial charge in [-0.2, -0.15) is 15.0 Å². The number of aryl methyl sites for hydroxylation is 1. The zero-order valence-electron chi connectivity index (χ0n) is 20.2. The maximum Gasteiger partial charge on any atom is 0.229 e. The summed E-state index contributed by atoms with van der Waals surface area (Å²) in [5.74, 6) is 3.37. The molecular formula is C26H34N6O2. The lowest BCUT2D eigenvalue weighted by molar-refractivity contribution is 0.411. The number of aromatic nitrogens is 3. The van der Waals surface area contributed by atoms with Gasteiger partial charge in [0.2, 0.25) is 17.8 Å². The van der Waals surface area contributed by atoms with E-state index in [1.54, 1.807) is 14.2 Å². The summed E-state index contributed by atoms with van der Waals surface area (Å²) < 4.78 is 10.7. The van der Waals surface area contributed by atoms with E-state index in [1.165, 1.54) is 19.3 Å². The average Bonchev–Trinajstić information content (AvgIpc) is 2.88. The van der Waals surface area contributed by atoms with E-state index in [4.69, 9.17) is 9.47 Å². The molecule has 0 spiro atoms. The molecule has 180 valence electrons. The largest absolute Gasteiger partial charge is 0.497 e. The topological polar surface area (TPSA) is 93.2 Å². The number of nitrogens with zero attached hydrogens (tertiary/aromatic N) is 3. The zero-order chi connectivity index (χ0) is 23.8. The number of rotatable bonds is 10. The summed E-state index contributed by atoms with van der Waals surface area (Å²) in [6.07, 6.45) is 6.08. The Bertz CT molecular complexity index is 1070. The van der Waals surface area contributed by atoms with E-state index >= 15 is 0 Å². The summed E-state index contributed by atoms with van der Waals surface area (Å²) in [6, 6.07) is 14.5. The van der Waals surface area contributed by atoms with Gasteiger partial charge in [0.1, 0.15) is 11.5 Å². The predicted octanol–water partition coefficient (Wildman–Crippen LogP) is 5.17. The van der Waals surface area contributed by atoms with Gasteiger partial charge in [0.15, 0.2) is 0 Å². The van der Waals surface area contributed by atoms with Gasteiger partial charge in [-0.25, -0.2) is 0 Å². The van der Waals surface area contributed by atoms with E-state index in [9.17, 15) is 0 Å². The highest BCUT2D eigenvalue weighted by molar-refractivity contribution is 5.44. The Kier molecular flexibility index (Phi) is 8.01. The van der Waals surface area contributed by atoms with Crippen LogP contribution in [-0.4, -0.2) is 35.2 Å². The molecule has 1 aromatic heterocycles. The highest BCUT2D eigenvalue weighted by Crippen LogP contribution is 2.22. The molecule has 0 saturated heterocycles. The van der Waals surface area contributed by atoms with Gasteiger partial charge in [-0.05, 0) is 54.7 Å². The first-order valence-corrected chi connectivity index (χ1v) is 11.9. The first-order chi connectivity index (χ1) is 16.6. The summed E-state index contributed by atoms with van der Waals surface area (Å²) in [4.78, 5) is 13.9. The van der Waals surface area contributed by atoms with E-state index in [0.717, 1.165) is 41.0 Å². The van der Waals surface area contributed by atoms with Crippen LogP contribution in [0.4, 0.5) is 17.8 Å². The van der Waals surface area contributed by atoms with Gasteiger partial charge in [-0.3, -0.25) is 0 Å². The standard InChI is InChI=1S/C26H34N6O2/c1-18-9-10-20(15-23(18)34-3)17-28-25-30-24(27-16-19-11-13-22(33-2)14-12-19)31-26(32-25)29-21-7-5-4-6-8-21/h9-15,21H,4-8,16-17H2,1-3H3,(H3,27,28,29,30,31,32). The normalized spacial score (nSPS) is 13.9. The smallest absolute Gasteiger partial charge is 0.229 e. The fraction of sp³-hybridized carbons (Fsp3) is 0.423. The van der Waals surface area contributed by atoms with Crippen molar-refractivity contribution in [3.63, 3.8) is 0 Å². The summed E-state index contributed by atoms with van der Waals surface area (Å²) in [6.45, 7) is 3.22. The lowest BCUT2D eigenvalue weighted by atomic mass is 9.96. The third-order valence-electron chi connectivity index (χ3n) is 6.11. The second kappa shape index (κ2) is 11.5. The Morgan fingerprint density at radius 1 is 0.765 bits per heavy atom. The molecule has 0 amide bonds. The van der Waals surface area contributed by atoms with Crippen LogP contribution in [0.2, 0.25) is 0 Å². The minimum atomic E-state index is 0.403. The van der Waals surface area contributed by atoms with Crippen LogP contribution in [-0.2, 0) is 13.1 Å². The molecule has 1 saturated carbocycles. The molecule has 0 radical (unpaired) electrons. The molecule has 1 aliphatic rings. The van der Waals surface area contributed by atoms with Crippen LogP contribution in [0.3, 0.4) is 0 Å². The molecule has 0 unspecified atom stereocenters. The van der Waals surface area contributed by atoms with Gasteiger partial charge in [0, 0.05) is 19.1 Å². The number of ether oxygens (including phenoxy) is 2. The number of hydrogen-bond acceptors (Lipinski definition) is 8. The van der Waals surface area contributed by atoms with Gasteiger partial charge in [-0.1, -0.05) is 43.5 Å². The highest BCUT2D eigenvalue weighted by Gasteiger charge is 2.16. The molecule has 8 heteroatoms. The van der Waals surface area contributed by atoms with Crippen LogP contribution in [0.15, 0.2) is 42.5 Å². The molecule has 1 heterocycles. The Morgan fingerprint density at radius 2 is 1.38 bits per heavy atom. The molecule has 0 aliphatic heterocycles. The molecule has 4 rings (SSSR count). The van der Waals surface area contributed by atoms with Gasteiger partial charge < -0.3 is 25.4 Å². The van der Waals surface area contributed by atoms with Gasteiger partial charge in [0.25, 0.3) is 0 Å². The van der Waals surface area contributed by atoms with Crippen molar-refractivity contribution < 1.29 is 9.47 Å². The SMILES string of the molecule is COc1ccc(CNc2nc(NCc3ccc(C)c(OC)c3)nc(NC3CCCCC3)n2)cc1. The minimum Gasteiger partial charge on any atom is -0.497 e. The van der Waals surface area contributed by atoms with Crippen LogP contribution in [0.25, 0.3) is 0 Å². The molecule has 34 heavy (non-hydrogen) atoms. The van der Waals surface area contributed by atoms with E-state index in [-0.39, 0.29) is 0 Å². The van der Waals surface area contributed by atoms with Crippen molar-refractivity contribution in [2.45, 2.75) is 58.2 Å². The second-order valence-electron chi connectivity index (χ2n) is 8.64. The van der Waals surface area contributed by atoms with Crippen LogP contribution in [0.5, 0.6) is 11.5 Å². The highest BCUT2D eigenvalue weighted by atomic mass is 16.5. The maximum absolute atomic E-state index is 5.45. The average molecular weight is 463 g/mol. The Hall–Kier alpha value is -3.55. The third-order valence-corrected chi connectivity index (χ3v) is 6.11. The number of nitrogens with one attached hydrogen (secondary N) is 3. The lowest BCUT2D eigenvalue weighted by Gasteiger charge is -2.23. The Labute approximate surface area is 201 Å². The summed E-state index contributed by atoms with van der Waals surface area (Å²) >= 11 is 0. The van der Waals surface area contributed by atoms with E-state index < -0.39 is 0 Å². The number of methoxy groups -OCH3 is 2. The predicted molar refractivity (Wildman–Crippen MR) is 136 cm³/mol. The monoisotopic (exact) mass is 462 g/mol. The quantitative estimate of drug-likeness (QED) is 0.380. The van der Waals surface area contributed by atoms with E-state index in [2.05, 4.69) is 43.0 Å². The molecule has 0 atom stereocenters.